The fourth-order valence-electron chi connectivity index (χ4n) is 1.45. The molecule has 0 heterocycles. The van der Waals surface area contributed by atoms with Gasteiger partial charge in [0.1, 0.15) is 0 Å². The van der Waals surface area contributed by atoms with Gasteiger partial charge in [0.2, 0.25) is 0 Å². The molecule has 0 amide bonds. The summed E-state index contributed by atoms with van der Waals surface area (Å²) in [7, 11) is 1.63. The molecule has 0 aromatic heterocycles. The first-order valence-electron chi connectivity index (χ1n) is 4.52. The van der Waals surface area contributed by atoms with Crippen LogP contribution >= 0.6 is 11.6 Å². The van der Waals surface area contributed by atoms with Crippen molar-refractivity contribution in [3.8, 4) is 0 Å². The van der Waals surface area contributed by atoms with E-state index in [2.05, 4.69) is 0 Å². The van der Waals surface area contributed by atoms with Gasteiger partial charge in [0.05, 0.1) is 12.1 Å². The van der Waals surface area contributed by atoms with Crippen LogP contribution in [0.3, 0.4) is 0 Å². The van der Waals surface area contributed by atoms with Crippen LogP contribution in [0.2, 0.25) is 5.02 Å². The van der Waals surface area contributed by atoms with Gasteiger partial charge in [-0.15, -0.1) is 0 Å². The van der Waals surface area contributed by atoms with Crippen molar-refractivity contribution in [3.63, 3.8) is 0 Å². The van der Waals surface area contributed by atoms with Gasteiger partial charge in [0.25, 0.3) is 0 Å². The Labute approximate surface area is 90.0 Å². The molecule has 0 saturated heterocycles. The first kappa shape index (κ1) is 11.5. The second-order valence-electron chi connectivity index (χ2n) is 3.83. The van der Waals surface area contributed by atoms with Crippen LogP contribution in [0.25, 0.3) is 0 Å². The van der Waals surface area contributed by atoms with Gasteiger partial charge in [-0.2, -0.15) is 0 Å². The molecule has 14 heavy (non-hydrogen) atoms. The molecule has 0 bridgehead atoms. The largest absolute Gasteiger partial charge is 0.382 e. The molecule has 2 N–H and O–H groups in total. The molecular formula is C11H16ClNO. The van der Waals surface area contributed by atoms with E-state index in [1.54, 1.807) is 7.11 Å². The van der Waals surface area contributed by atoms with Gasteiger partial charge in [-0.25, -0.2) is 0 Å². The van der Waals surface area contributed by atoms with E-state index in [0.717, 1.165) is 11.1 Å². The van der Waals surface area contributed by atoms with Crippen molar-refractivity contribution < 1.29 is 4.74 Å². The molecule has 1 aromatic rings. The van der Waals surface area contributed by atoms with E-state index >= 15 is 0 Å². The third-order valence-corrected chi connectivity index (χ3v) is 2.51. The lowest BCUT2D eigenvalue weighted by atomic mass is 9.93. The average molecular weight is 214 g/mol. The summed E-state index contributed by atoms with van der Waals surface area (Å²) in [4.78, 5) is 0. The van der Waals surface area contributed by atoms with Crippen molar-refractivity contribution in [1.29, 1.82) is 0 Å². The monoisotopic (exact) mass is 213 g/mol. The van der Waals surface area contributed by atoms with E-state index in [1.807, 2.05) is 32.0 Å². The van der Waals surface area contributed by atoms with Crippen molar-refractivity contribution >= 4 is 11.6 Å². The lowest BCUT2D eigenvalue weighted by Gasteiger charge is -2.25. The number of methoxy groups -OCH3 is 1. The molecule has 0 spiro atoms. The molecule has 78 valence electrons. The molecular weight excluding hydrogens is 198 g/mol. The maximum absolute atomic E-state index is 6.11. The zero-order valence-electron chi connectivity index (χ0n) is 8.80. The number of rotatable bonds is 3. The fraction of sp³-hybridized carbons (Fsp3) is 0.455. The molecule has 0 aliphatic carbocycles. The summed E-state index contributed by atoms with van der Waals surface area (Å²) in [5.41, 5.74) is 7.66. The fourth-order valence-corrected chi connectivity index (χ4v) is 1.79. The van der Waals surface area contributed by atoms with Crippen LogP contribution in [-0.4, -0.2) is 13.7 Å². The smallest absolute Gasteiger partial charge is 0.0682 e. The van der Waals surface area contributed by atoms with E-state index in [4.69, 9.17) is 22.1 Å². The lowest BCUT2D eigenvalue weighted by Crippen LogP contribution is -2.38. The molecule has 1 atom stereocenters. The summed E-state index contributed by atoms with van der Waals surface area (Å²) in [5, 5.41) is 0.692. The van der Waals surface area contributed by atoms with Gasteiger partial charge in [-0.1, -0.05) is 29.3 Å². The van der Waals surface area contributed by atoms with Crippen LogP contribution in [0.5, 0.6) is 0 Å². The predicted molar refractivity (Wildman–Crippen MR) is 59.6 cm³/mol. The number of benzene rings is 1. The average Bonchev–Trinajstić information content (AvgIpc) is 2.09. The quantitative estimate of drug-likeness (QED) is 0.837. The van der Waals surface area contributed by atoms with Gasteiger partial charge in [0.15, 0.2) is 0 Å². The maximum atomic E-state index is 6.11. The zero-order valence-corrected chi connectivity index (χ0v) is 9.56. The number of hydrogen-bond donors (Lipinski definition) is 1. The number of aryl methyl sites for hydroxylation is 1. The molecule has 3 heteroatoms. The SMILES string of the molecule is COCC(C)(N)c1cc(C)ccc1Cl. The van der Waals surface area contributed by atoms with Crippen LogP contribution in [0.15, 0.2) is 18.2 Å². The highest BCUT2D eigenvalue weighted by Gasteiger charge is 2.23. The Morgan fingerprint density at radius 1 is 1.50 bits per heavy atom. The van der Waals surface area contributed by atoms with E-state index in [1.165, 1.54) is 0 Å². The number of nitrogens with two attached hydrogens (primary N) is 1. The summed E-state index contributed by atoms with van der Waals surface area (Å²) in [6.45, 7) is 4.38. The van der Waals surface area contributed by atoms with Gasteiger partial charge in [-0.05, 0) is 25.5 Å². The van der Waals surface area contributed by atoms with Crippen LogP contribution in [-0.2, 0) is 10.3 Å². The minimum Gasteiger partial charge on any atom is -0.382 e. The first-order valence-corrected chi connectivity index (χ1v) is 4.89. The van der Waals surface area contributed by atoms with Crippen LogP contribution in [0.4, 0.5) is 0 Å². The lowest BCUT2D eigenvalue weighted by molar-refractivity contribution is 0.141. The molecule has 0 aliphatic rings. The third kappa shape index (κ3) is 2.47. The van der Waals surface area contributed by atoms with Crippen molar-refractivity contribution in [1.82, 2.24) is 0 Å². The maximum Gasteiger partial charge on any atom is 0.0682 e. The Hall–Kier alpha value is -0.570. The van der Waals surface area contributed by atoms with Gasteiger partial charge >= 0.3 is 0 Å². The van der Waals surface area contributed by atoms with Crippen LogP contribution in [0.1, 0.15) is 18.1 Å². The topological polar surface area (TPSA) is 35.2 Å². The Balaban J connectivity index is 3.10. The van der Waals surface area contributed by atoms with Gasteiger partial charge in [-0.3, -0.25) is 0 Å². The van der Waals surface area contributed by atoms with E-state index in [0.29, 0.717) is 11.6 Å². The van der Waals surface area contributed by atoms with Gasteiger partial charge in [0, 0.05) is 12.1 Å². The summed E-state index contributed by atoms with van der Waals surface area (Å²) < 4.78 is 5.07. The molecule has 1 unspecified atom stereocenters. The minimum absolute atomic E-state index is 0.455. The molecule has 1 aromatic carbocycles. The Morgan fingerprint density at radius 2 is 2.14 bits per heavy atom. The molecule has 0 aliphatic heterocycles. The van der Waals surface area contributed by atoms with E-state index in [-0.39, 0.29) is 0 Å². The van der Waals surface area contributed by atoms with Crippen molar-refractivity contribution in [3.05, 3.63) is 34.3 Å². The van der Waals surface area contributed by atoms with Crippen LogP contribution < -0.4 is 5.73 Å². The van der Waals surface area contributed by atoms with E-state index < -0.39 is 5.54 Å². The van der Waals surface area contributed by atoms with Crippen molar-refractivity contribution in [2.75, 3.05) is 13.7 Å². The van der Waals surface area contributed by atoms with Crippen molar-refractivity contribution in [2.45, 2.75) is 19.4 Å². The second-order valence-corrected chi connectivity index (χ2v) is 4.24. The third-order valence-electron chi connectivity index (χ3n) is 2.18. The highest BCUT2D eigenvalue weighted by molar-refractivity contribution is 6.31. The Morgan fingerprint density at radius 3 is 2.71 bits per heavy atom. The molecule has 1 rings (SSSR count). The molecule has 0 fully saturated rings. The minimum atomic E-state index is -0.530. The standard InChI is InChI=1S/C11H16ClNO/c1-8-4-5-10(12)9(6-8)11(2,13)7-14-3/h4-6H,7,13H2,1-3H3. The number of halogens is 1. The number of ether oxygens (including phenoxy) is 1. The van der Waals surface area contributed by atoms with Crippen molar-refractivity contribution in [2.24, 2.45) is 5.73 Å². The highest BCUT2D eigenvalue weighted by Crippen LogP contribution is 2.27. The van der Waals surface area contributed by atoms with E-state index in [9.17, 15) is 0 Å². The molecule has 2 nitrogen and oxygen atoms in total. The van der Waals surface area contributed by atoms with Gasteiger partial charge < -0.3 is 10.5 Å². The Kier molecular flexibility index (Phi) is 3.53. The Bertz CT molecular complexity index is 323. The second kappa shape index (κ2) is 4.30. The zero-order chi connectivity index (χ0) is 10.8. The highest BCUT2D eigenvalue weighted by atomic mass is 35.5. The van der Waals surface area contributed by atoms with Crippen LogP contribution in [0, 0.1) is 6.92 Å². The summed E-state index contributed by atoms with van der Waals surface area (Å²) in [6, 6.07) is 5.84. The molecule has 0 radical (unpaired) electrons. The number of hydrogen-bond acceptors (Lipinski definition) is 2. The summed E-state index contributed by atoms with van der Waals surface area (Å²) >= 11 is 6.08. The normalized spacial score (nSPS) is 15.2. The summed E-state index contributed by atoms with van der Waals surface area (Å²) in [5.74, 6) is 0. The first-order chi connectivity index (χ1) is 6.47. The predicted octanol–water partition coefficient (Wildman–Crippen LogP) is 2.47. The molecule has 0 saturated carbocycles. The summed E-state index contributed by atoms with van der Waals surface area (Å²) in [6.07, 6.45) is 0.